The lowest BCUT2D eigenvalue weighted by Crippen LogP contribution is -2.60. The molecular formula is C46H30BN3S2. The Morgan fingerprint density at radius 1 is 0.423 bits per heavy atom. The molecule has 3 nitrogen and oxygen atoms in total. The maximum atomic E-state index is 2.55. The van der Waals surface area contributed by atoms with Gasteiger partial charge in [0.25, 0.3) is 6.71 Å². The Labute approximate surface area is 311 Å². The molecule has 0 bridgehead atoms. The minimum atomic E-state index is 0.106. The molecule has 2 aliphatic rings. The molecule has 0 amide bonds. The van der Waals surface area contributed by atoms with Gasteiger partial charge in [-0.2, -0.15) is 0 Å². The topological polar surface area (TPSA) is 9.72 Å². The van der Waals surface area contributed by atoms with Gasteiger partial charge in [-0.25, -0.2) is 0 Å². The lowest BCUT2D eigenvalue weighted by molar-refractivity contribution is 1.25. The molecule has 0 aliphatic carbocycles. The molecule has 0 fully saturated rings. The number of hydrogen-bond acceptors (Lipinski definition) is 5. The third-order valence-corrected chi connectivity index (χ3v) is 12.8. The van der Waals surface area contributed by atoms with Crippen molar-refractivity contribution in [3.05, 3.63) is 182 Å². The van der Waals surface area contributed by atoms with Gasteiger partial charge in [-0.1, -0.05) is 103 Å². The van der Waals surface area contributed by atoms with E-state index in [1.165, 1.54) is 63.6 Å². The molecule has 244 valence electrons. The van der Waals surface area contributed by atoms with Crippen molar-refractivity contribution >= 4 is 116 Å². The zero-order valence-corrected chi connectivity index (χ0v) is 29.7. The van der Waals surface area contributed by atoms with E-state index in [-0.39, 0.29) is 6.71 Å². The van der Waals surface area contributed by atoms with Gasteiger partial charge in [-0.15, -0.1) is 22.7 Å². The Balaban J connectivity index is 1.20. The number of fused-ring (bicyclic) bond motifs is 8. The summed E-state index contributed by atoms with van der Waals surface area (Å²) in [6.07, 6.45) is 0. The second-order valence-electron chi connectivity index (χ2n) is 13.3. The zero-order chi connectivity index (χ0) is 34.2. The first-order chi connectivity index (χ1) is 25.8. The summed E-state index contributed by atoms with van der Waals surface area (Å²) in [5, 5.41) is 3.94. The van der Waals surface area contributed by atoms with E-state index in [0.717, 1.165) is 22.7 Å². The molecule has 0 unspecified atom stereocenters. The van der Waals surface area contributed by atoms with Gasteiger partial charge in [0, 0.05) is 59.4 Å². The number of rotatable bonds is 5. The summed E-state index contributed by atoms with van der Waals surface area (Å²) < 4.78 is 4.03. The number of anilines is 9. The summed E-state index contributed by atoms with van der Waals surface area (Å²) >= 11 is 3.85. The lowest BCUT2D eigenvalue weighted by atomic mass is 9.36. The Morgan fingerprint density at radius 2 is 0.962 bits per heavy atom. The van der Waals surface area contributed by atoms with E-state index in [0.29, 0.717) is 0 Å². The molecule has 11 rings (SSSR count). The van der Waals surface area contributed by atoms with Crippen molar-refractivity contribution in [2.24, 2.45) is 0 Å². The van der Waals surface area contributed by atoms with Crippen LogP contribution in [0.1, 0.15) is 0 Å². The van der Waals surface area contributed by atoms with E-state index >= 15 is 0 Å². The molecule has 52 heavy (non-hydrogen) atoms. The largest absolute Gasteiger partial charge is 0.310 e. The molecule has 7 aromatic carbocycles. The average molecular weight is 700 g/mol. The van der Waals surface area contributed by atoms with Gasteiger partial charge in [0.1, 0.15) is 0 Å². The molecule has 2 aromatic heterocycles. The van der Waals surface area contributed by atoms with Gasteiger partial charge in [-0.05, 0) is 95.2 Å². The van der Waals surface area contributed by atoms with E-state index < -0.39 is 0 Å². The van der Waals surface area contributed by atoms with E-state index in [9.17, 15) is 0 Å². The maximum absolute atomic E-state index is 2.55. The van der Waals surface area contributed by atoms with E-state index in [1.807, 2.05) is 22.7 Å². The molecule has 9 aromatic rings. The van der Waals surface area contributed by atoms with E-state index in [2.05, 4.69) is 197 Å². The molecule has 0 saturated carbocycles. The third-order valence-electron chi connectivity index (χ3n) is 10.4. The fraction of sp³-hybridized carbons (Fsp3) is 0. The number of hydrogen-bond donors (Lipinski definition) is 0. The van der Waals surface area contributed by atoms with Crippen LogP contribution in [0.25, 0.3) is 20.2 Å². The Kier molecular flexibility index (Phi) is 6.69. The first-order valence-corrected chi connectivity index (χ1v) is 19.3. The zero-order valence-electron chi connectivity index (χ0n) is 28.1. The SMILES string of the molecule is c1ccc(N(c2ccccc2)c2cccc(N3c4cccc5c4B(c4sc6ccccc6c43)c3c(sc4ccccc34)N5c3ccccc3)c2)cc1. The van der Waals surface area contributed by atoms with Crippen LogP contribution in [0.2, 0.25) is 0 Å². The van der Waals surface area contributed by atoms with Crippen LogP contribution in [-0.2, 0) is 0 Å². The van der Waals surface area contributed by atoms with Crippen LogP contribution in [0.5, 0.6) is 0 Å². The minimum absolute atomic E-state index is 0.106. The third kappa shape index (κ3) is 4.38. The summed E-state index contributed by atoms with van der Waals surface area (Å²) in [7, 11) is 0. The first-order valence-electron chi connectivity index (χ1n) is 17.6. The predicted molar refractivity (Wildman–Crippen MR) is 226 cm³/mol. The van der Waals surface area contributed by atoms with Gasteiger partial charge < -0.3 is 14.7 Å². The minimum Gasteiger partial charge on any atom is -0.310 e. The van der Waals surface area contributed by atoms with Crippen molar-refractivity contribution in [2.45, 2.75) is 0 Å². The highest BCUT2D eigenvalue weighted by molar-refractivity contribution is 7.35. The van der Waals surface area contributed by atoms with Crippen molar-refractivity contribution in [2.75, 3.05) is 14.7 Å². The van der Waals surface area contributed by atoms with Crippen LogP contribution in [0.4, 0.5) is 50.5 Å². The predicted octanol–water partition coefficient (Wildman–Crippen LogP) is 11.7. The first kappa shape index (κ1) is 29.6. The number of para-hydroxylation sites is 3. The second kappa shape index (κ2) is 11.7. The summed E-state index contributed by atoms with van der Waals surface area (Å²) in [4.78, 5) is 7.41. The fourth-order valence-electron chi connectivity index (χ4n) is 8.31. The molecule has 0 atom stereocenters. The van der Waals surface area contributed by atoms with E-state index in [1.54, 1.807) is 0 Å². The van der Waals surface area contributed by atoms with Crippen LogP contribution < -0.4 is 30.4 Å². The van der Waals surface area contributed by atoms with Gasteiger partial charge in [0.15, 0.2) is 0 Å². The molecular weight excluding hydrogens is 669 g/mol. The summed E-state index contributed by atoms with van der Waals surface area (Å²) in [6, 6.07) is 66.1. The quantitative estimate of drug-likeness (QED) is 0.166. The molecule has 0 N–H and O–H groups in total. The van der Waals surface area contributed by atoms with Crippen LogP contribution in [0.15, 0.2) is 182 Å². The van der Waals surface area contributed by atoms with Crippen LogP contribution in [0.3, 0.4) is 0 Å². The molecule has 6 heteroatoms. The lowest BCUT2D eigenvalue weighted by Gasteiger charge is -2.42. The summed E-state index contributed by atoms with van der Waals surface area (Å²) in [5.41, 5.74) is 12.2. The second-order valence-corrected chi connectivity index (χ2v) is 15.4. The molecule has 2 aliphatic heterocycles. The number of benzene rings is 7. The normalized spacial score (nSPS) is 12.9. The number of thiophene rings is 2. The van der Waals surface area contributed by atoms with Gasteiger partial charge in [0.05, 0.1) is 10.7 Å². The van der Waals surface area contributed by atoms with Gasteiger partial charge in [-0.3, -0.25) is 0 Å². The summed E-state index contributed by atoms with van der Waals surface area (Å²) in [5.74, 6) is 0. The molecule has 0 spiro atoms. The molecule has 0 radical (unpaired) electrons. The van der Waals surface area contributed by atoms with Crippen LogP contribution in [-0.4, -0.2) is 6.71 Å². The van der Waals surface area contributed by atoms with Crippen LogP contribution >= 0.6 is 22.7 Å². The van der Waals surface area contributed by atoms with E-state index in [4.69, 9.17) is 0 Å². The van der Waals surface area contributed by atoms with Crippen molar-refractivity contribution in [3.63, 3.8) is 0 Å². The highest BCUT2D eigenvalue weighted by Crippen LogP contribution is 2.50. The fourth-order valence-corrected chi connectivity index (χ4v) is 10.9. The van der Waals surface area contributed by atoms with Gasteiger partial charge in [0.2, 0.25) is 0 Å². The Morgan fingerprint density at radius 3 is 1.67 bits per heavy atom. The van der Waals surface area contributed by atoms with Crippen molar-refractivity contribution in [1.29, 1.82) is 0 Å². The Bertz CT molecular complexity index is 2740. The van der Waals surface area contributed by atoms with Crippen molar-refractivity contribution in [3.8, 4) is 0 Å². The van der Waals surface area contributed by atoms with Crippen molar-refractivity contribution < 1.29 is 0 Å². The highest BCUT2D eigenvalue weighted by atomic mass is 32.1. The number of nitrogens with zero attached hydrogens (tertiary/aromatic N) is 3. The average Bonchev–Trinajstić information content (AvgIpc) is 3.78. The Hall–Kier alpha value is -6.08. The highest BCUT2D eigenvalue weighted by Gasteiger charge is 2.46. The van der Waals surface area contributed by atoms with Crippen molar-refractivity contribution in [1.82, 2.24) is 0 Å². The van der Waals surface area contributed by atoms with Gasteiger partial charge >= 0.3 is 0 Å². The smallest absolute Gasteiger partial charge is 0.266 e. The molecule has 0 saturated heterocycles. The summed E-state index contributed by atoms with van der Waals surface area (Å²) in [6.45, 7) is 0.106. The standard InChI is InChI=1S/C46H30BN3S2/c1-4-16-31(17-5-1)48(32-18-6-2-7-19-32)34-22-14-23-35(30-34)49-38-26-15-27-39-43(38)47(45-44(49)37-25-11-13-29-41(37)51-45)42-36-24-10-12-28-40(36)52-46(42)50(39)33-20-8-3-9-21-33/h1-30H. The maximum Gasteiger partial charge on any atom is 0.266 e. The molecule has 4 heterocycles. The van der Waals surface area contributed by atoms with Crippen LogP contribution in [0, 0.1) is 0 Å². The monoisotopic (exact) mass is 699 g/mol.